The van der Waals surface area contributed by atoms with Crippen LogP contribution in [0.2, 0.25) is 0 Å². The van der Waals surface area contributed by atoms with Crippen LogP contribution in [0.15, 0.2) is 106 Å². The molecule has 1 unspecified atom stereocenters. The van der Waals surface area contributed by atoms with Crippen molar-refractivity contribution in [2.24, 2.45) is 0 Å². The number of allylic oxidation sites excluding steroid dienone is 4. The van der Waals surface area contributed by atoms with E-state index in [1.165, 1.54) is 38.5 Å². The van der Waals surface area contributed by atoms with Gasteiger partial charge >= 0.3 is 0 Å². The van der Waals surface area contributed by atoms with Gasteiger partial charge in [0.1, 0.15) is 0 Å². The van der Waals surface area contributed by atoms with Crippen molar-refractivity contribution in [2.75, 3.05) is 12.9 Å². The van der Waals surface area contributed by atoms with E-state index in [1.54, 1.807) is 4.91 Å². The number of hydrogen-bond acceptors (Lipinski definition) is 1. The molecule has 0 radical (unpaired) electrons. The molecular weight excluding hydrogens is 420 g/mol. The molecule has 3 aromatic carbocycles. The Bertz CT molecular complexity index is 1190. The lowest BCUT2D eigenvalue weighted by molar-refractivity contribution is -0.0152. The Hall–Kier alpha value is -2.55. The number of rotatable bonds is 7. The van der Waals surface area contributed by atoms with E-state index in [-0.39, 0.29) is 5.60 Å². The molecule has 1 heterocycles. The van der Waals surface area contributed by atoms with E-state index < -0.39 is 10.0 Å². The Kier molecular flexibility index (Phi) is 6.07. The van der Waals surface area contributed by atoms with Gasteiger partial charge in [-0.25, -0.2) is 0 Å². The van der Waals surface area contributed by atoms with Crippen LogP contribution >= 0.6 is 10.0 Å². The Labute approximate surface area is 200 Å². The minimum atomic E-state index is -1.14. The summed E-state index contributed by atoms with van der Waals surface area (Å²) in [5, 5.41) is 0. The summed E-state index contributed by atoms with van der Waals surface area (Å²) < 4.78 is 6.29. The predicted molar refractivity (Wildman–Crippen MR) is 142 cm³/mol. The summed E-state index contributed by atoms with van der Waals surface area (Å²) in [7, 11) is -1.14. The van der Waals surface area contributed by atoms with Crippen molar-refractivity contribution in [1.82, 2.24) is 0 Å². The van der Waals surface area contributed by atoms with Crippen LogP contribution in [0.25, 0.3) is 5.57 Å². The predicted octanol–water partition coefficient (Wildman–Crippen LogP) is 8.19. The average molecular weight is 455 g/mol. The standard InChI is InChI=1S/C31H34OS/c1-31(2,23-25-11-5-4-6-12-25)32-22-21-24-17-19-26(20-18-24)33(3)29-15-9-7-13-27(29)28-14-8-10-16-30(28)33/h4-9,11-15,17-20H,10,16,21-23H2,1-3H3. The highest BCUT2D eigenvalue weighted by atomic mass is 32.3. The lowest BCUT2D eigenvalue weighted by Gasteiger charge is -2.37. The molecule has 170 valence electrons. The van der Waals surface area contributed by atoms with Crippen molar-refractivity contribution < 1.29 is 4.74 Å². The summed E-state index contributed by atoms with van der Waals surface area (Å²) in [5.41, 5.74) is 5.43. The molecule has 33 heavy (non-hydrogen) atoms. The van der Waals surface area contributed by atoms with E-state index >= 15 is 0 Å². The molecule has 0 amide bonds. The molecule has 2 aliphatic rings. The van der Waals surface area contributed by atoms with E-state index in [4.69, 9.17) is 4.74 Å². The maximum Gasteiger partial charge on any atom is 0.0666 e. The van der Waals surface area contributed by atoms with Gasteiger partial charge in [-0.3, -0.25) is 0 Å². The molecule has 1 nitrogen and oxygen atoms in total. The molecule has 1 aliphatic heterocycles. The van der Waals surface area contributed by atoms with E-state index in [0.29, 0.717) is 0 Å². The number of ether oxygens (including phenoxy) is 1. The second-order valence-electron chi connectivity index (χ2n) is 9.86. The first-order chi connectivity index (χ1) is 16.0. The fourth-order valence-corrected chi connectivity index (χ4v) is 8.86. The van der Waals surface area contributed by atoms with E-state index in [9.17, 15) is 0 Å². The SMILES string of the molecule is CC(C)(Cc1ccccc1)OCCc1ccc(S2(C)C3=C(C=CCC3)c3ccccc32)cc1. The molecule has 0 saturated carbocycles. The minimum absolute atomic E-state index is 0.163. The van der Waals surface area contributed by atoms with Crippen LogP contribution in [0.5, 0.6) is 0 Å². The third-order valence-corrected chi connectivity index (χ3v) is 10.8. The largest absolute Gasteiger partial charge is 0.375 e. The third kappa shape index (κ3) is 4.35. The maximum atomic E-state index is 6.29. The summed E-state index contributed by atoms with van der Waals surface area (Å²) in [6.07, 6.45) is 11.4. The topological polar surface area (TPSA) is 9.23 Å². The number of fused-ring (bicyclic) bond motifs is 2. The Morgan fingerprint density at radius 3 is 2.36 bits per heavy atom. The highest BCUT2D eigenvalue weighted by Crippen LogP contribution is 2.73. The lowest BCUT2D eigenvalue weighted by atomic mass is 9.98. The van der Waals surface area contributed by atoms with Gasteiger partial charge in [-0.05, 0) is 89.6 Å². The molecule has 0 spiro atoms. The van der Waals surface area contributed by atoms with Crippen LogP contribution in [0, 0.1) is 0 Å². The van der Waals surface area contributed by atoms with E-state index in [1.807, 2.05) is 0 Å². The Balaban J connectivity index is 1.29. The van der Waals surface area contributed by atoms with Gasteiger partial charge in [-0.1, -0.05) is 72.8 Å². The fourth-order valence-electron chi connectivity index (χ4n) is 5.27. The third-order valence-electron chi connectivity index (χ3n) is 6.98. The van der Waals surface area contributed by atoms with Crippen LogP contribution in [0.4, 0.5) is 0 Å². The minimum Gasteiger partial charge on any atom is -0.375 e. The lowest BCUT2D eigenvalue weighted by Crippen LogP contribution is -2.28. The summed E-state index contributed by atoms with van der Waals surface area (Å²) in [6, 6.07) is 29.1. The molecule has 2 heteroatoms. The van der Waals surface area contributed by atoms with Crippen LogP contribution in [-0.4, -0.2) is 18.5 Å². The number of benzene rings is 3. The number of hydrogen-bond donors (Lipinski definition) is 0. The van der Waals surface area contributed by atoms with Crippen molar-refractivity contribution >= 4 is 15.6 Å². The maximum absolute atomic E-state index is 6.29. The van der Waals surface area contributed by atoms with Gasteiger partial charge in [-0.15, -0.1) is 0 Å². The van der Waals surface area contributed by atoms with Gasteiger partial charge in [0, 0.05) is 11.3 Å². The monoisotopic (exact) mass is 454 g/mol. The van der Waals surface area contributed by atoms with Crippen molar-refractivity contribution in [3.05, 3.63) is 113 Å². The molecule has 0 aromatic heterocycles. The van der Waals surface area contributed by atoms with Crippen molar-refractivity contribution in [3.8, 4) is 0 Å². The molecule has 0 saturated heterocycles. The summed E-state index contributed by atoms with van der Waals surface area (Å²) in [6.45, 7) is 5.12. The first kappa shape index (κ1) is 22.3. The smallest absolute Gasteiger partial charge is 0.0666 e. The molecule has 5 rings (SSSR count). The first-order valence-corrected chi connectivity index (χ1v) is 14.1. The fraction of sp³-hybridized carbons (Fsp3) is 0.290. The van der Waals surface area contributed by atoms with Crippen molar-refractivity contribution in [2.45, 2.75) is 54.9 Å². The van der Waals surface area contributed by atoms with E-state index in [0.717, 1.165) is 25.9 Å². The normalized spacial score (nSPS) is 21.4. The second-order valence-corrected chi connectivity index (χ2v) is 13.1. The van der Waals surface area contributed by atoms with Gasteiger partial charge < -0.3 is 4.74 Å². The first-order valence-electron chi connectivity index (χ1n) is 12.0. The zero-order valence-electron chi connectivity index (χ0n) is 20.0. The zero-order chi connectivity index (χ0) is 22.9. The van der Waals surface area contributed by atoms with Gasteiger partial charge in [0.25, 0.3) is 0 Å². The van der Waals surface area contributed by atoms with Crippen LogP contribution < -0.4 is 0 Å². The van der Waals surface area contributed by atoms with Crippen LogP contribution in [0.3, 0.4) is 0 Å². The van der Waals surface area contributed by atoms with Crippen LogP contribution in [-0.2, 0) is 17.6 Å². The van der Waals surface area contributed by atoms with Gasteiger partial charge in [-0.2, -0.15) is 10.0 Å². The molecule has 1 atom stereocenters. The highest BCUT2D eigenvalue weighted by molar-refractivity contribution is 8.36. The summed E-state index contributed by atoms with van der Waals surface area (Å²) in [5.74, 6) is 0. The molecule has 0 fully saturated rings. The summed E-state index contributed by atoms with van der Waals surface area (Å²) in [4.78, 5) is 4.66. The highest BCUT2D eigenvalue weighted by Gasteiger charge is 2.38. The van der Waals surface area contributed by atoms with Gasteiger partial charge in [0.15, 0.2) is 0 Å². The molecule has 0 bridgehead atoms. The van der Waals surface area contributed by atoms with E-state index in [2.05, 4.69) is 111 Å². The average Bonchev–Trinajstić information content (AvgIpc) is 3.10. The molecule has 1 aliphatic carbocycles. The van der Waals surface area contributed by atoms with Crippen molar-refractivity contribution in [1.29, 1.82) is 0 Å². The summed E-state index contributed by atoms with van der Waals surface area (Å²) >= 11 is 0. The van der Waals surface area contributed by atoms with Gasteiger partial charge in [0.05, 0.1) is 12.2 Å². The molecular formula is C31H34OS. The van der Waals surface area contributed by atoms with Gasteiger partial charge in [0.2, 0.25) is 0 Å². The Morgan fingerprint density at radius 2 is 1.58 bits per heavy atom. The molecule has 0 N–H and O–H groups in total. The quantitative estimate of drug-likeness (QED) is 0.350. The second kappa shape index (κ2) is 9.00. The Morgan fingerprint density at radius 1 is 0.848 bits per heavy atom. The van der Waals surface area contributed by atoms with Crippen LogP contribution in [0.1, 0.15) is 43.4 Å². The van der Waals surface area contributed by atoms with Crippen molar-refractivity contribution in [3.63, 3.8) is 0 Å². The zero-order valence-corrected chi connectivity index (χ0v) is 20.8. The molecule has 3 aromatic rings.